The zero-order chi connectivity index (χ0) is 15.5. The number of carbonyl (C=O) groups excluding carboxylic acids is 2. The fraction of sp³-hybridized carbons (Fsp3) is 0.176. The van der Waals surface area contributed by atoms with Gasteiger partial charge < -0.3 is 10.1 Å². The summed E-state index contributed by atoms with van der Waals surface area (Å²) in [5.74, 6) is -1.31. The topological polar surface area (TPSA) is 55.4 Å². The lowest BCUT2D eigenvalue weighted by atomic mass is 9.98. The Hall–Kier alpha value is -2.69. The highest BCUT2D eigenvalue weighted by atomic mass is 19.1. The summed E-state index contributed by atoms with van der Waals surface area (Å²) >= 11 is 0. The van der Waals surface area contributed by atoms with Gasteiger partial charge in [-0.15, -0.1) is 0 Å². The molecule has 0 spiro atoms. The summed E-state index contributed by atoms with van der Waals surface area (Å²) in [4.78, 5) is 24.0. The van der Waals surface area contributed by atoms with Gasteiger partial charge in [0.15, 0.2) is 6.10 Å². The van der Waals surface area contributed by atoms with E-state index in [0.717, 1.165) is 5.56 Å². The molecule has 1 N–H and O–H groups in total. The number of fused-ring (bicyclic) bond motifs is 1. The standard InChI is InChI=1S/C17H14FNO3/c18-14-8-4-2-6-12(14)10-19-16(20)15-9-11-5-1-3-7-13(11)17(21)22-15/h1-8,15H,9-10H2,(H,19,20)/t15-/m1/s1. The van der Waals surface area contributed by atoms with Crippen LogP contribution in [0.15, 0.2) is 48.5 Å². The van der Waals surface area contributed by atoms with Gasteiger partial charge in [-0.3, -0.25) is 4.79 Å². The summed E-state index contributed by atoms with van der Waals surface area (Å²) in [6.07, 6.45) is -0.556. The molecule has 1 atom stereocenters. The molecule has 112 valence electrons. The summed E-state index contributed by atoms with van der Waals surface area (Å²) in [6.45, 7) is 0.0567. The van der Waals surface area contributed by atoms with Crippen molar-refractivity contribution in [1.29, 1.82) is 0 Å². The molecule has 1 amide bonds. The number of esters is 1. The second-order valence-corrected chi connectivity index (χ2v) is 5.06. The largest absolute Gasteiger partial charge is 0.448 e. The van der Waals surface area contributed by atoms with E-state index < -0.39 is 18.0 Å². The minimum atomic E-state index is -0.880. The molecule has 2 aromatic rings. The van der Waals surface area contributed by atoms with Crippen molar-refractivity contribution < 1.29 is 18.7 Å². The maximum absolute atomic E-state index is 13.5. The van der Waals surface area contributed by atoms with Crippen molar-refractivity contribution >= 4 is 11.9 Å². The van der Waals surface area contributed by atoms with Gasteiger partial charge in [-0.2, -0.15) is 0 Å². The van der Waals surface area contributed by atoms with Crippen molar-refractivity contribution in [1.82, 2.24) is 5.32 Å². The van der Waals surface area contributed by atoms with Gasteiger partial charge in [0.25, 0.3) is 5.91 Å². The molecule has 2 aromatic carbocycles. The Kier molecular flexibility index (Phi) is 3.87. The van der Waals surface area contributed by atoms with Crippen LogP contribution in [0.3, 0.4) is 0 Å². The SMILES string of the molecule is O=C1O[C@@H](C(=O)NCc2ccccc2F)Cc2ccccc21. The van der Waals surface area contributed by atoms with Gasteiger partial charge in [-0.1, -0.05) is 36.4 Å². The lowest BCUT2D eigenvalue weighted by molar-refractivity contribution is -0.130. The van der Waals surface area contributed by atoms with E-state index in [9.17, 15) is 14.0 Å². The van der Waals surface area contributed by atoms with Crippen LogP contribution in [0.25, 0.3) is 0 Å². The molecule has 1 aliphatic heterocycles. The number of hydrogen-bond acceptors (Lipinski definition) is 3. The first-order valence-corrected chi connectivity index (χ1v) is 6.95. The lowest BCUT2D eigenvalue weighted by Gasteiger charge is -2.23. The molecule has 0 fully saturated rings. The van der Waals surface area contributed by atoms with Gasteiger partial charge in [-0.05, 0) is 17.7 Å². The van der Waals surface area contributed by atoms with E-state index in [2.05, 4.69) is 5.32 Å². The summed E-state index contributed by atoms with van der Waals surface area (Å²) < 4.78 is 18.7. The summed E-state index contributed by atoms with van der Waals surface area (Å²) in [7, 11) is 0. The molecule has 3 rings (SSSR count). The molecule has 0 saturated carbocycles. The van der Waals surface area contributed by atoms with Crippen LogP contribution >= 0.6 is 0 Å². The first-order valence-electron chi connectivity index (χ1n) is 6.95. The minimum Gasteiger partial charge on any atom is -0.448 e. The second-order valence-electron chi connectivity index (χ2n) is 5.06. The van der Waals surface area contributed by atoms with E-state index in [1.807, 2.05) is 6.07 Å². The number of ether oxygens (including phenoxy) is 1. The Morgan fingerprint density at radius 2 is 1.91 bits per heavy atom. The maximum Gasteiger partial charge on any atom is 0.339 e. The molecule has 1 heterocycles. The van der Waals surface area contributed by atoms with E-state index in [-0.39, 0.29) is 12.4 Å². The molecule has 0 aromatic heterocycles. The second kappa shape index (κ2) is 5.97. The fourth-order valence-corrected chi connectivity index (χ4v) is 2.42. The van der Waals surface area contributed by atoms with E-state index in [1.54, 1.807) is 36.4 Å². The Balaban J connectivity index is 1.67. The Bertz CT molecular complexity index is 729. The molecule has 1 aliphatic rings. The van der Waals surface area contributed by atoms with Crippen LogP contribution in [-0.2, 0) is 22.5 Å². The summed E-state index contributed by atoms with van der Waals surface area (Å²) in [5.41, 5.74) is 1.66. The van der Waals surface area contributed by atoms with Crippen LogP contribution in [0.5, 0.6) is 0 Å². The Morgan fingerprint density at radius 3 is 2.73 bits per heavy atom. The fourth-order valence-electron chi connectivity index (χ4n) is 2.42. The summed E-state index contributed by atoms with van der Waals surface area (Å²) in [6, 6.07) is 13.2. The first kappa shape index (κ1) is 14.3. The predicted octanol–water partition coefficient (Wildman–Crippen LogP) is 2.22. The molecule has 22 heavy (non-hydrogen) atoms. The van der Waals surface area contributed by atoms with Crippen LogP contribution in [0.4, 0.5) is 4.39 Å². The molecule has 4 nitrogen and oxygen atoms in total. The van der Waals surface area contributed by atoms with Gasteiger partial charge in [0.1, 0.15) is 5.82 Å². The van der Waals surface area contributed by atoms with E-state index in [0.29, 0.717) is 17.5 Å². The van der Waals surface area contributed by atoms with Crippen molar-refractivity contribution in [2.45, 2.75) is 19.1 Å². The van der Waals surface area contributed by atoms with E-state index in [4.69, 9.17) is 4.74 Å². The van der Waals surface area contributed by atoms with Crippen LogP contribution < -0.4 is 5.32 Å². The first-order chi connectivity index (χ1) is 10.6. The number of cyclic esters (lactones) is 1. The lowest BCUT2D eigenvalue weighted by Crippen LogP contribution is -2.41. The number of halogens is 1. The van der Waals surface area contributed by atoms with Gasteiger partial charge in [0, 0.05) is 18.5 Å². The molecule has 0 saturated heterocycles. The van der Waals surface area contributed by atoms with Crippen LogP contribution in [-0.4, -0.2) is 18.0 Å². The van der Waals surface area contributed by atoms with Gasteiger partial charge in [0.2, 0.25) is 0 Å². The zero-order valence-corrected chi connectivity index (χ0v) is 11.7. The highest BCUT2D eigenvalue weighted by Crippen LogP contribution is 2.20. The Labute approximate surface area is 126 Å². The van der Waals surface area contributed by atoms with Crippen LogP contribution in [0.2, 0.25) is 0 Å². The zero-order valence-electron chi connectivity index (χ0n) is 11.7. The quantitative estimate of drug-likeness (QED) is 0.884. The molecule has 0 bridgehead atoms. The number of hydrogen-bond donors (Lipinski definition) is 1. The number of rotatable bonds is 3. The highest BCUT2D eigenvalue weighted by Gasteiger charge is 2.30. The van der Waals surface area contributed by atoms with Gasteiger partial charge in [-0.25, -0.2) is 9.18 Å². The maximum atomic E-state index is 13.5. The van der Waals surface area contributed by atoms with E-state index in [1.165, 1.54) is 6.07 Å². The summed E-state index contributed by atoms with van der Waals surface area (Å²) in [5, 5.41) is 2.60. The van der Waals surface area contributed by atoms with E-state index >= 15 is 0 Å². The van der Waals surface area contributed by atoms with Gasteiger partial charge >= 0.3 is 5.97 Å². The molecule has 0 radical (unpaired) electrons. The number of benzene rings is 2. The van der Waals surface area contributed by atoms with Crippen LogP contribution in [0, 0.1) is 5.82 Å². The van der Waals surface area contributed by atoms with Crippen molar-refractivity contribution in [2.75, 3.05) is 0 Å². The highest BCUT2D eigenvalue weighted by molar-refractivity contribution is 5.95. The third-order valence-corrected chi connectivity index (χ3v) is 3.60. The number of nitrogens with one attached hydrogen (secondary N) is 1. The molecule has 0 unspecified atom stereocenters. The number of amides is 1. The molecule has 0 aliphatic carbocycles. The van der Waals surface area contributed by atoms with Crippen molar-refractivity contribution in [3.8, 4) is 0 Å². The monoisotopic (exact) mass is 299 g/mol. The molecule has 5 heteroatoms. The minimum absolute atomic E-state index is 0.0567. The van der Waals surface area contributed by atoms with Crippen molar-refractivity contribution in [3.05, 3.63) is 71.0 Å². The average molecular weight is 299 g/mol. The number of carbonyl (C=O) groups is 2. The Morgan fingerprint density at radius 1 is 1.18 bits per heavy atom. The normalized spacial score (nSPS) is 16.6. The smallest absolute Gasteiger partial charge is 0.339 e. The third-order valence-electron chi connectivity index (χ3n) is 3.60. The van der Waals surface area contributed by atoms with Crippen molar-refractivity contribution in [3.63, 3.8) is 0 Å². The van der Waals surface area contributed by atoms with Crippen LogP contribution in [0.1, 0.15) is 21.5 Å². The van der Waals surface area contributed by atoms with Gasteiger partial charge in [0.05, 0.1) is 5.56 Å². The molecular formula is C17H14FNO3. The average Bonchev–Trinajstić information content (AvgIpc) is 2.54. The third kappa shape index (κ3) is 2.83. The van der Waals surface area contributed by atoms with Crippen molar-refractivity contribution in [2.24, 2.45) is 0 Å². The predicted molar refractivity (Wildman–Crippen MR) is 77.6 cm³/mol. The molecular weight excluding hydrogens is 285 g/mol.